The average Bonchev–Trinajstić information content (AvgIpc) is 3.05. The summed E-state index contributed by atoms with van der Waals surface area (Å²) >= 11 is 0. The van der Waals surface area contributed by atoms with Crippen LogP contribution in [-0.2, 0) is 9.59 Å². The van der Waals surface area contributed by atoms with Crippen LogP contribution < -0.4 is 29.6 Å². The molecule has 0 spiro atoms. The highest BCUT2D eigenvalue weighted by molar-refractivity contribution is 5.99. The summed E-state index contributed by atoms with van der Waals surface area (Å²) in [6, 6.07) is 15.9. The Hall–Kier alpha value is -4.60. The third kappa shape index (κ3) is 9.22. The van der Waals surface area contributed by atoms with Crippen molar-refractivity contribution in [3.63, 3.8) is 0 Å². The van der Waals surface area contributed by atoms with E-state index >= 15 is 0 Å². The van der Waals surface area contributed by atoms with Gasteiger partial charge in [0.15, 0.2) is 11.4 Å². The Morgan fingerprint density at radius 1 is 0.783 bits per heavy atom. The molecule has 0 radical (unpaired) electrons. The number of ether oxygens (including phenoxy) is 4. The van der Waals surface area contributed by atoms with Crippen LogP contribution in [0.5, 0.6) is 23.0 Å². The molecule has 10 heteroatoms. The SMILES string of the molecule is CCOc1ccc(C(c2ccc(OCC)cc2)[C@H](C)NC(=O)[C@@H](NC(=O)c2nccc(OC)c2OC(=O)C(C)C)[C@@H](C)CC)cc1. The van der Waals surface area contributed by atoms with Crippen LogP contribution >= 0.6 is 0 Å². The van der Waals surface area contributed by atoms with Crippen LogP contribution in [0.4, 0.5) is 0 Å². The van der Waals surface area contributed by atoms with Gasteiger partial charge in [-0.15, -0.1) is 0 Å². The van der Waals surface area contributed by atoms with Gasteiger partial charge in [-0.2, -0.15) is 0 Å². The zero-order chi connectivity index (χ0) is 33.8. The third-order valence-corrected chi connectivity index (χ3v) is 7.73. The van der Waals surface area contributed by atoms with E-state index in [0.29, 0.717) is 19.6 Å². The van der Waals surface area contributed by atoms with Crippen molar-refractivity contribution >= 4 is 17.8 Å². The highest BCUT2D eigenvalue weighted by atomic mass is 16.6. The maximum absolute atomic E-state index is 13.9. The molecule has 0 aliphatic rings. The highest BCUT2D eigenvalue weighted by Gasteiger charge is 2.32. The van der Waals surface area contributed by atoms with E-state index in [2.05, 4.69) is 15.6 Å². The number of benzene rings is 2. The van der Waals surface area contributed by atoms with Crippen molar-refractivity contribution in [1.82, 2.24) is 15.6 Å². The molecule has 3 rings (SSSR count). The largest absolute Gasteiger partial charge is 0.494 e. The number of rotatable bonds is 16. The third-order valence-electron chi connectivity index (χ3n) is 7.73. The molecule has 46 heavy (non-hydrogen) atoms. The number of hydrogen-bond donors (Lipinski definition) is 2. The lowest BCUT2D eigenvalue weighted by Crippen LogP contribution is -2.53. The van der Waals surface area contributed by atoms with E-state index in [4.69, 9.17) is 18.9 Å². The molecular weight excluding hydrogens is 586 g/mol. The maximum atomic E-state index is 13.9. The molecule has 1 aromatic heterocycles. The summed E-state index contributed by atoms with van der Waals surface area (Å²) in [7, 11) is 1.41. The van der Waals surface area contributed by atoms with Gasteiger partial charge in [-0.05, 0) is 62.1 Å². The van der Waals surface area contributed by atoms with Gasteiger partial charge < -0.3 is 29.6 Å². The van der Waals surface area contributed by atoms with Crippen molar-refractivity contribution in [1.29, 1.82) is 0 Å². The zero-order valence-corrected chi connectivity index (χ0v) is 28.1. The minimum absolute atomic E-state index is 0.0936. The zero-order valence-electron chi connectivity index (χ0n) is 28.1. The molecule has 2 amide bonds. The molecule has 2 N–H and O–H groups in total. The molecular formula is C36H47N3O7. The molecule has 0 unspecified atom stereocenters. The Balaban J connectivity index is 1.92. The fourth-order valence-electron chi connectivity index (χ4n) is 5.02. The topological polar surface area (TPSA) is 125 Å². The second-order valence-corrected chi connectivity index (χ2v) is 11.4. The van der Waals surface area contributed by atoms with Gasteiger partial charge in [0.1, 0.15) is 17.5 Å². The van der Waals surface area contributed by atoms with Gasteiger partial charge in [0, 0.05) is 24.2 Å². The molecule has 2 aromatic carbocycles. The highest BCUT2D eigenvalue weighted by Crippen LogP contribution is 2.32. The number of hydrogen-bond acceptors (Lipinski definition) is 8. The number of nitrogens with zero attached hydrogens (tertiary/aromatic N) is 1. The summed E-state index contributed by atoms with van der Waals surface area (Å²) in [5, 5.41) is 6.02. The summed E-state index contributed by atoms with van der Waals surface area (Å²) in [5.41, 5.74) is 1.83. The van der Waals surface area contributed by atoms with Gasteiger partial charge in [-0.3, -0.25) is 14.4 Å². The van der Waals surface area contributed by atoms with E-state index in [1.54, 1.807) is 13.8 Å². The second kappa shape index (κ2) is 17.2. The van der Waals surface area contributed by atoms with Crippen molar-refractivity contribution in [3.8, 4) is 23.0 Å². The average molecular weight is 634 g/mol. The first-order chi connectivity index (χ1) is 22.0. The molecule has 0 bridgehead atoms. The minimum atomic E-state index is -0.900. The molecule has 10 nitrogen and oxygen atoms in total. The molecule has 3 aromatic rings. The lowest BCUT2D eigenvalue weighted by molar-refractivity contribution is -0.138. The van der Waals surface area contributed by atoms with Crippen molar-refractivity contribution < 1.29 is 33.3 Å². The quantitative estimate of drug-likeness (QED) is 0.186. The summed E-state index contributed by atoms with van der Waals surface area (Å²) in [5.74, 6) is -0.822. The molecule has 0 aliphatic carbocycles. The van der Waals surface area contributed by atoms with E-state index < -0.39 is 23.8 Å². The first-order valence-electron chi connectivity index (χ1n) is 15.9. The fourth-order valence-corrected chi connectivity index (χ4v) is 5.02. The lowest BCUT2D eigenvalue weighted by Gasteiger charge is -2.30. The molecule has 3 atom stereocenters. The fraction of sp³-hybridized carbons (Fsp3) is 0.444. The predicted octanol–water partition coefficient (Wildman–Crippen LogP) is 5.93. The van der Waals surface area contributed by atoms with Crippen LogP contribution in [0.2, 0.25) is 0 Å². The van der Waals surface area contributed by atoms with Gasteiger partial charge in [-0.1, -0.05) is 58.4 Å². The van der Waals surface area contributed by atoms with Crippen LogP contribution in [0.25, 0.3) is 0 Å². The first-order valence-corrected chi connectivity index (χ1v) is 15.9. The number of esters is 1. The number of nitrogens with one attached hydrogen (secondary N) is 2. The number of aromatic nitrogens is 1. The van der Waals surface area contributed by atoms with Gasteiger partial charge in [-0.25, -0.2) is 4.98 Å². The summed E-state index contributed by atoms with van der Waals surface area (Å²) in [6.07, 6.45) is 2.01. The summed E-state index contributed by atoms with van der Waals surface area (Å²) in [6.45, 7) is 14.1. The number of pyridine rings is 1. The Labute approximate surface area is 272 Å². The second-order valence-electron chi connectivity index (χ2n) is 11.4. The molecule has 0 saturated heterocycles. The molecule has 1 heterocycles. The Morgan fingerprint density at radius 2 is 1.33 bits per heavy atom. The van der Waals surface area contributed by atoms with Crippen LogP contribution in [0.3, 0.4) is 0 Å². The lowest BCUT2D eigenvalue weighted by atomic mass is 9.85. The number of carbonyl (C=O) groups excluding carboxylic acids is 3. The maximum Gasteiger partial charge on any atom is 0.313 e. The number of amides is 2. The van der Waals surface area contributed by atoms with E-state index in [9.17, 15) is 14.4 Å². The Morgan fingerprint density at radius 3 is 1.78 bits per heavy atom. The van der Waals surface area contributed by atoms with Crippen molar-refractivity contribution in [3.05, 3.63) is 77.6 Å². The molecule has 0 saturated carbocycles. The molecule has 0 aliphatic heterocycles. The molecule has 248 valence electrons. The first kappa shape index (κ1) is 35.9. The van der Waals surface area contributed by atoms with Crippen LogP contribution in [0, 0.1) is 11.8 Å². The Bertz CT molecular complexity index is 1390. The van der Waals surface area contributed by atoms with E-state index in [1.807, 2.05) is 83.1 Å². The summed E-state index contributed by atoms with van der Waals surface area (Å²) in [4.78, 5) is 44.2. The van der Waals surface area contributed by atoms with Gasteiger partial charge >= 0.3 is 5.97 Å². The van der Waals surface area contributed by atoms with Crippen molar-refractivity contribution in [2.24, 2.45) is 11.8 Å². The van der Waals surface area contributed by atoms with Crippen LogP contribution in [0.15, 0.2) is 60.8 Å². The van der Waals surface area contributed by atoms with Crippen molar-refractivity contribution in [2.45, 2.75) is 72.9 Å². The standard InChI is InChI=1S/C36H47N3O7/c1-9-23(6)31(39-35(41)32-33(46-36(42)22(4)5)29(43-8)20-21-37-32)34(40)38-24(7)30(25-12-16-27(17-13-25)44-10-2)26-14-18-28(19-15-26)45-11-3/h12-24,30-31H,9-11H2,1-8H3,(H,38,40)(H,39,41)/t23-,24-,31-/m0/s1. The van der Waals surface area contributed by atoms with Crippen LogP contribution in [-0.4, -0.2) is 55.2 Å². The van der Waals surface area contributed by atoms with E-state index in [1.165, 1.54) is 19.4 Å². The number of carbonyl (C=O) groups is 3. The monoisotopic (exact) mass is 633 g/mol. The van der Waals surface area contributed by atoms with Gasteiger partial charge in [0.2, 0.25) is 11.7 Å². The normalized spacial score (nSPS) is 13.0. The summed E-state index contributed by atoms with van der Waals surface area (Å²) < 4.78 is 22.2. The number of methoxy groups -OCH3 is 1. The van der Waals surface area contributed by atoms with E-state index in [-0.39, 0.29) is 41.0 Å². The van der Waals surface area contributed by atoms with Gasteiger partial charge in [0.25, 0.3) is 5.91 Å². The van der Waals surface area contributed by atoms with Crippen molar-refractivity contribution in [2.75, 3.05) is 20.3 Å². The molecule has 0 fully saturated rings. The Kier molecular flexibility index (Phi) is 13.4. The predicted molar refractivity (Wildman–Crippen MR) is 177 cm³/mol. The van der Waals surface area contributed by atoms with Gasteiger partial charge in [0.05, 0.1) is 26.2 Å². The van der Waals surface area contributed by atoms with Crippen LogP contribution in [0.1, 0.15) is 82.4 Å². The van der Waals surface area contributed by atoms with E-state index in [0.717, 1.165) is 22.6 Å². The smallest absolute Gasteiger partial charge is 0.313 e. The minimum Gasteiger partial charge on any atom is -0.494 e.